The topological polar surface area (TPSA) is 29.6 Å². The van der Waals surface area contributed by atoms with Gasteiger partial charge in [-0.25, -0.2) is 0 Å². The van der Waals surface area contributed by atoms with Gasteiger partial charge in [0.2, 0.25) is 0 Å². The van der Waals surface area contributed by atoms with Crippen LogP contribution in [0.2, 0.25) is 0 Å². The summed E-state index contributed by atoms with van der Waals surface area (Å²) in [4.78, 5) is 10.3. The number of carbonyl (C=O) groups is 1. The molecule has 0 bridgehead atoms. The van der Waals surface area contributed by atoms with Gasteiger partial charge in [-0.15, -0.1) is 0 Å². The fraction of sp³-hybridized carbons (Fsp3) is 0.625. The third-order valence-corrected chi connectivity index (χ3v) is 1.58. The van der Waals surface area contributed by atoms with Gasteiger partial charge in [0.1, 0.15) is 6.29 Å². The molecule has 1 fully saturated rings. The lowest BCUT2D eigenvalue weighted by Crippen LogP contribution is -1.94. The van der Waals surface area contributed by atoms with Crippen molar-refractivity contribution in [1.82, 2.24) is 0 Å². The molecule has 0 N–H and O–H groups in total. The molecule has 0 spiro atoms. The molecule has 2 heteroatoms. The maximum absolute atomic E-state index is 10.3. The average Bonchev–Trinajstić information content (AvgIpc) is 2.74. The number of hydrogen-bond acceptors (Lipinski definition) is 2. The second kappa shape index (κ2) is 3.52. The van der Waals surface area contributed by atoms with Crippen LogP contribution in [0.15, 0.2) is 12.2 Å². The molecule has 0 aromatic carbocycles. The molecular weight excluding hydrogens is 128 g/mol. The van der Waals surface area contributed by atoms with E-state index in [2.05, 4.69) is 0 Å². The molecule has 1 rings (SSSR count). The van der Waals surface area contributed by atoms with Crippen LogP contribution in [-0.2, 0) is 9.53 Å². The van der Waals surface area contributed by atoms with Gasteiger partial charge < -0.3 is 9.53 Å². The first-order valence-corrected chi connectivity index (χ1v) is 3.62. The third-order valence-electron chi connectivity index (χ3n) is 1.58. The summed E-state index contributed by atoms with van der Waals surface area (Å²) in [7, 11) is 0. The number of aldehydes is 1. The molecule has 2 nitrogen and oxygen atoms in total. The first-order chi connectivity index (χ1) is 4.86. The highest BCUT2D eigenvalue weighted by Crippen LogP contribution is 2.12. The molecule has 0 radical (unpaired) electrons. The van der Waals surface area contributed by atoms with Gasteiger partial charge in [0, 0.05) is 5.92 Å². The molecule has 0 aromatic heterocycles. The molecule has 1 aliphatic heterocycles. The Balaban J connectivity index is 2.24. The number of rotatable bonds is 4. The smallest absolute Gasteiger partial charge is 0.126 e. The minimum Gasteiger partial charge on any atom is -0.369 e. The molecule has 1 aliphatic rings. The Hall–Kier alpha value is -0.630. The first-order valence-electron chi connectivity index (χ1n) is 3.62. The summed E-state index contributed by atoms with van der Waals surface area (Å²) in [5.41, 5.74) is 0. The van der Waals surface area contributed by atoms with E-state index >= 15 is 0 Å². The lowest BCUT2D eigenvalue weighted by atomic mass is 10.1. The van der Waals surface area contributed by atoms with Crippen LogP contribution in [0.3, 0.4) is 0 Å². The van der Waals surface area contributed by atoms with Crippen molar-refractivity contribution in [2.24, 2.45) is 5.92 Å². The average molecular weight is 140 g/mol. The number of hydrogen-bond donors (Lipinski definition) is 0. The Labute approximate surface area is 60.9 Å². The highest BCUT2D eigenvalue weighted by molar-refractivity contribution is 5.56. The monoisotopic (exact) mass is 140 g/mol. The minimum atomic E-state index is 0.0872. The molecule has 56 valence electrons. The van der Waals surface area contributed by atoms with Gasteiger partial charge in [0.15, 0.2) is 0 Å². The van der Waals surface area contributed by atoms with E-state index in [1.165, 1.54) is 0 Å². The summed E-state index contributed by atoms with van der Waals surface area (Å²) in [6, 6.07) is 0. The van der Waals surface area contributed by atoms with Gasteiger partial charge in [-0.2, -0.15) is 0 Å². The quantitative estimate of drug-likeness (QED) is 0.333. The first kappa shape index (κ1) is 7.48. The lowest BCUT2D eigenvalue weighted by molar-refractivity contribution is -0.109. The maximum Gasteiger partial charge on any atom is 0.126 e. The zero-order valence-corrected chi connectivity index (χ0v) is 6.12. The summed E-state index contributed by atoms with van der Waals surface area (Å²) < 4.78 is 4.95. The number of carbonyl (C=O) groups excluding carboxylic acids is 1. The van der Waals surface area contributed by atoms with E-state index in [1.54, 1.807) is 0 Å². The zero-order valence-electron chi connectivity index (χ0n) is 6.12. The summed E-state index contributed by atoms with van der Waals surface area (Å²) in [5.74, 6) is 0.0872. The Bertz CT molecular complexity index is 136. The Morgan fingerprint density at radius 1 is 1.80 bits per heavy atom. The van der Waals surface area contributed by atoms with E-state index in [-0.39, 0.29) is 5.92 Å². The van der Waals surface area contributed by atoms with Crippen LogP contribution in [0, 0.1) is 5.92 Å². The number of allylic oxidation sites excluding steroid dienone is 1. The summed E-state index contributed by atoms with van der Waals surface area (Å²) in [5, 5.41) is 0. The van der Waals surface area contributed by atoms with E-state index in [9.17, 15) is 4.79 Å². The van der Waals surface area contributed by atoms with Crippen molar-refractivity contribution < 1.29 is 9.53 Å². The summed E-state index contributed by atoms with van der Waals surface area (Å²) in [6.07, 6.45) is 6.03. The predicted molar refractivity (Wildman–Crippen MR) is 38.7 cm³/mol. The fourth-order valence-corrected chi connectivity index (χ4v) is 0.711. The van der Waals surface area contributed by atoms with Gasteiger partial charge in [-0.05, 0) is 6.42 Å². The van der Waals surface area contributed by atoms with Gasteiger partial charge >= 0.3 is 0 Å². The molecule has 1 saturated heterocycles. The zero-order chi connectivity index (χ0) is 7.40. The van der Waals surface area contributed by atoms with E-state index in [0.29, 0.717) is 6.10 Å². The van der Waals surface area contributed by atoms with Crippen LogP contribution in [-0.4, -0.2) is 19.0 Å². The number of ether oxygens (including phenoxy) is 1. The largest absolute Gasteiger partial charge is 0.369 e. The van der Waals surface area contributed by atoms with Gasteiger partial charge in [0.25, 0.3) is 0 Å². The molecule has 0 aromatic rings. The highest BCUT2D eigenvalue weighted by Gasteiger charge is 2.18. The van der Waals surface area contributed by atoms with E-state index in [4.69, 9.17) is 4.74 Å². The molecule has 2 unspecified atom stereocenters. The minimum absolute atomic E-state index is 0.0872. The van der Waals surface area contributed by atoms with Gasteiger partial charge in [-0.1, -0.05) is 19.1 Å². The van der Waals surface area contributed by atoms with Crippen molar-refractivity contribution >= 4 is 6.29 Å². The van der Waals surface area contributed by atoms with Crippen molar-refractivity contribution in [2.75, 3.05) is 6.61 Å². The van der Waals surface area contributed by atoms with Crippen molar-refractivity contribution in [1.29, 1.82) is 0 Å². The van der Waals surface area contributed by atoms with Crippen LogP contribution in [0.5, 0.6) is 0 Å². The van der Waals surface area contributed by atoms with E-state index < -0.39 is 0 Å². The van der Waals surface area contributed by atoms with Crippen LogP contribution in [0.4, 0.5) is 0 Å². The Morgan fingerprint density at radius 3 is 2.90 bits per heavy atom. The summed E-state index contributed by atoms with van der Waals surface area (Å²) in [6.45, 7) is 2.82. The molecular formula is C8H12O2. The van der Waals surface area contributed by atoms with Crippen molar-refractivity contribution in [3.05, 3.63) is 12.2 Å². The molecule has 0 amide bonds. The second-order valence-electron chi connectivity index (χ2n) is 2.46. The van der Waals surface area contributed by atoms with Crippen LogP contribution >= 0.6 is 0 Å². The van der Waals surface area contributed by atoms with Crippen molar-refractivity contribution in [3.8, 4) is 0 Å². The molecule has 10 heavy (non-hydrogen) atoms. The van der Waals surface area contributed by atoms with Crippen LogP contribution in [0.1, 0.15) is 13.3 Å². The Morgan fingerprint density at radius 2 is 2.50 bits per heavy atom. The maximum atomic E-state index is 10.3. The molecule has 1 heterocycles. The SMILES string of the molecule is CCC(C=O)/C=C/C1CO1. The van der Waals surface area contributed by atoms with Crippen molar-refractivity contribution in [2.45, 2.75) is 19.4 Å². The highest BCUT2D eigenvalue weighted by atomic mass is 16.6. The fourth-order valence-electron chi connectivity index (χ4n) is 0.711. The molecule has 2 atom stereocenters. The Kier molecular flexibility index (Phi) is 2.63. The number of epoxide rings is 1. The van der Waals surface area contributed by atoms with Gasteiger partial charge in [-0.3, -0.25) is 0 Å². The van der Waals surface area contributed by atoms with Crippen LogP contribution < -0.4 is 0 Å². The molecule has 0 saturated carbocycles. The summed E-state index contributed by atoms with van der Waals surface area (Å²) >= 11 is 0. The third kappa shape index (κ3) is 2.31. The van der Waals surface area contributed by atoms with E-state index in [0.717, 1.165) is 19.3 Å². The lowest BCUT2D eigenvalue weighted by Gasteiger charge is -1.95. The second-order valence-corrected chi connectivity index (χ2v) is 2.46. The molecule has 0 aliphatic carbocycles. The van der Waals surface area contributed by atoms with E-state index in [1.807, 2.05) is 19.1 Å². The van der Waals surface area contributed by atoms with Crippen molar-refractivity contribution in [3.63, 3.8) is 0 Å². The normalized spacial score (nSPS) is 26.7. The predicted octanol–water partition coefficient (Wildman–Crippen LogP) is 1.17. The van der Waals surface area contributed by atoms with Crippen LogP contribution in [0.25, 0.3) is 0 Å². The standard InChI is InChI=1S/C8H12O2/c1-2-7(5-9)3-4-8-6-10-8/h3-5,7-8H,2,6H2,1H3/b4-3+. The van der Waals surface area contributed by atoms with Gasteiger partial charge in [0.05, 0.1) is 12.7 Å².